The molecule has 0 bridgehead atoms. The Bertz CT molecular complexity index is 384. The Balaban J connectivity index is 2.78. The van der Waals surface area contributed by atoms with E-state index in [9.17, 15) is 8.78 Å². The third kappa shape index (κ3) is 6.51. The van der Waals surface area contributed by atoms with Gasteiger partial charge in [0.25, 0.3) is 0 Å². The minimum atomic E-state index is -2.43. The van der Waals surface area contributed by atoms with Gasteiger partial charge >= 0.3 is 0 Å². The van der Waals surface area contributed by atoms with Gasteiger partial charge in [-0.25, -0.2) is 8.78 Å². The first-order valence-electron chi connectivity index (χ1n) is 6.58. The van der Waals surface area contributed by atoms with Crippen LogP contribution in [0.3, 0.4) is 0 Å². The van der Waals surface area contributed by atoms with Gasteiger partial charge in [0, 0.05) is 12.6 Å². The lowest BCUT2D eigenvalue weighted by Crippen LogP contribution is -2.12. The molecule has 1 aromatic rings. The lowest BCUT2D eigenvalue weighted by molar-refractivity contribution is 0.132. The van der Waals surface area contributed by atoms with Crippen molar-refractivity contribution in [1.29, 1.82) is 0 Å². The highest BCUT2D eigenvalue weighted by Gasteiger charge is 2.26. The summed E-state index contributed by atoms with van der Waals surface area (Å²) in [5.41, 5.74) is 0.870. The van der Waals surface area contributed by atoms with E-state index in [2.05, 4.69) is 4.99 Å². The van der Waals surface area contributed by atoms with Crippen LogP contribution in [-0.2, 0) is 9.05 Å². The first-order chi connectivity index (χ1) is 9.67. The Labute approximate surface area is 119 Å². The van der Waals surface area contributed by atoms with Gasteiger partial charge in [0.2, 0.25) is 6.43 Å². The molecular formula is C14H20F2NO2P. The lowest BCUT2D eigenvalue weighted by atomic mass is 10.2. The quantitative estimate of drug-likeness (QED) is 0.498. The molecule has 0 aliphatic rings. The average Bonchev–Trinajstić information content (AvgIpc) is 2.44. The van der Waals surface area contributed by atoms with E-state index in [1.54, 1.807) is 6.21 Å². The van der Waals surface area contributed by atoms with E-state index in [0.29, 0.717) is 13.2 Å². The number of hydrogen-bond acceptors (Lipinski definition) is 3. The van der Waals surface area contributed by atoms with Gasteiger partial charge in [-0.05, 0) is 19.4 Å². The average molecular weight is 303 g/mol. The van der Waals surface area contributed by atoms with Gasteiger partial charge in [0.15, 0.2) is 8.38 Å². The Morgan fingerprint density at radius 2 is 1.75 bits per heavy atom. The van der Waals surface area contributed by atoms with Gasteiger partial charge in [-0.1, -0.05) is 30.3 Å². The molecule has 0 aromatic heterocycles. The van der Waals surface area contributed by atoms with Gasteiger partial charge in [-0.3, -0.25) is 4.99 Å². The van der Waals surface area contributed by atoms with E-state index in [1.165, 1.54) is 0 Å². The van der Waals surface area contributed by atoms with Gasteiger partial charge in [-0.2, -0.15) is 0 Å². The van der Waals surface area contributed by atoms with Crippen LogP contribution in [0.5, 0.6) is 0 Å². The maximum Gasteiger partial charge on any atom is 0.241 e. The number of halogens is 2. The summed E-state index contributed by atoms with van der Waals surface area (Å²) in [6.07, 6.45) is -1.19. The maximum atomic E-state index is 12.7. The van der Waals surface area contributed by atoms with Crippen LogP contribution in [0.1, 0.15) is 25.8 Å². The molecule has 0 radical (unpaired) electrons. The molecule has 20 heavy (non-hydrogen) atoms. The van der Waals surface area contributed by atoms with Crippen molar-refractivity contribution >= 4 is 14.6 Å². The first kappa shape index (κ1) is 17.2. The molecule has 1 aromatic carbocycles. The van der Waals surface area contributed by atoms with Crippen molar-refractivity contribution in [1.82, 2.24) is 0 Å². The van der Waals surface area contributed by atoms with Gasteiger partial charge in [0.05, 0.1) is 13.2 Å². The normalized spacial score (nSPS) is 13.5. The summed E-state index contributed by atoms with van der Waals surface area (Å²) in [5.74, 6) is -0.648. The molecular weight excluding hydrogens is 283 g/mol. The zero-order valence-corrected chi connectivity index (χ0v) is 12.6. The smallest absolute Gasteiger partial charge is 0.241 e. The van der Waals surface area contributed by atoms with E-state index in [0.717, 1.165) is 5.56 Å². The van der Waals surface area contributed by atoms with Gasteiger partial charge in [0.1, 0.15) is 5.78 Å². The van der Waals surface area contributed by atoms with Gasteiger partial charge in [-0.15, -0.1) is 0 Å². The second kappa shape index (κ2) is 9.92. The number of alkyl halides is 2. The summed E-state index contributed by atoms with van der Waals surface area (Å²) in [6, 6.07) is 9.37. The summed E-state index contributed by atoms with van der Waals surface area (Å²) in [7, 11) is -1.43. The molecule has 0 fully saturated rings. The zero-order valence-electron chi connectivity index (χ0n) is 11.7. The second-order valence-corrected chi connectivity index (χ2v) is 5.60. The molecule has 112 valence electrons. The van der Waals surface area contributed by atoms with E-state index < -0.39 is 20.6 Å². The Kier molecular flexibility index (Phi) is 8.51. The predicted octanol–water partition coefficient (Wildman–Crippen LogP) is 4.47. The van der Waals surface area contributed by atoms with Crippen molar-refractivity contribution in [3.8, 4) is 0 Å². The molecule has 0 spiro atoms. The van der Waals surface area contributed by atoms with Crippen LogP contribution in [0.15, 0.2) is 35.3 Å². The van der Waals surface area contributed by atoms with Crippen LogP contribution in [0.4, 0.5) is 8.78 Å². The topological polar surface area (TPSA) is 30.8 Å². The fourth-order valence-electron chi connectivity index (χ4n) is 1.54. The van der Waals surface area contributed by atoms with E-state index >= 15 is 0 Å². The molecule has 0 saturated carbocycles. The summed E-state index contributed by atoms with van der Waals surface area (Å²) in [6.45, 7) is 4.47. The lowest BCUT2D eigenvalue weighted by Gasteiger charge is -2.22. The fourth-order valence-corrected chi connectivity index (χ4v) is 2.97. The highest BCUT2D eigenvalue weighted by atomic mass is 31.2. The summed E-state index contributed by atoms with van der Waals surface area (Å²) >= 11 is 0. The second-order valence-electron chi connectivity index (χ2n) is 3.92. The summed E-state index contributed by atoms with van der Waals surface area (Å²) in [5, 5.41) is 0. The van der Waals surface area contributed by atoms with Crippen molar-refractivity contribution < 1.29 is 17.8 Å². The highest BCUT2D eigenvalue weighted by molar-refractivity contribution is 7.48. The molecule has 0 N–H and O–H groups in total. The molecule has 1 rings (SSSR count). The largest absolute Gasteiger partial charge is 0.333 e. The van der Waals surface area contributed by atoms with Crippen LogP contribution in [-0.4, -0.2) is 31.6 Å². The van der Waals surface area contributed by atoms with Crippen LogP contribution in [0.25, 0.3) is 0 Å². The number of nitrogens with zero attached hydrogens (tertiary/aromatic N) is 1. The van der Waals surface area contributed by atoms with E-state index in [-0.39, 0.29) is 6.42 Å². The Morgan fingerprint density at radius 3 is 2.25 bits per heavy atom. The van der Waals surface area contributed by atoms with Gasteiger partial charge < -0.3 is 9.05 Å². The monoisotopic (exact) mass is 303 g/mol. The molecule has 1 atom stereocenters. The molecule has 0 saturated heterocycles. The first-order valence-corrected chi connectivity index (χ1v) is 7.83. The number of benzene rings is 1. The van der Waals surface area contributed by atoms with Crippen molar-refractivity contribution in [2.75, 3.05) is 13.2 Å². The maximum absolute atomic E-state index is 12.7. The third-order valence-corrected chi connectivity index (χ3v) is 4.20. The van der Waals surface area contributed by atoms with Crippen molar-refractivity contribution in [3.05, 3.63) is 35.9 Å². The molecule has 0 aliphatic carbocycles. The van der Waals surface area contributed by atoms with Crippen LogP contribution in [0.2, 0.25) is 0 Å². The third-order valence-electron chi connectivity index (χ3n) is 2.34. The minimum Gasteiger partial charge on any atom is -0.333 e. The molecule has 1 unspecified atom stereocenters. The summed E-state index contributed by atoms with van der Waals surface area (Å²) < 4.78 is 36.2. The SMILES string of the molecule is CCOP(OCC)C(CC(F)F)/N=C/c1ccccc1. The molecule has 0 amide bonds. The van der Waals surface area contributed by atoms with E-state index in [1.807, 2.05) is 44.2 Å². The number of hydrogen-bond donors (Lipinski definition) is 0. The highest BCUT2D eigenvalue weighted by Crippen LogP contribution is 2.46. The van der Waals surface area contributed by atoms with E-state index in [4.69, 9.17) is 9.05 Å². The fraction of sp³-hybridized carbons (Fsp3) is 0.500. The predicted molar refractivity (Wildman–Crippen MR) is 78.6 cm³/mol. The molecule has 0 heterocycles. The summed E-state index contributed by atoms with van der Waals surface area (Å²) in [4.78, 5) is 4.25. The van der Waals surface area contributed by atoms with Crippen molar-refractivity contribution in [3.63, 3.8) is 0 Å². The molecule has 6 heteroatoms. The molecule has 3 nitrogen and oxygen atoms in total. The van der Waals surface area contributed by atoms with Crippen LogP contribution >= 0.6 is 8.38 Å². The standard InChI is InChI=1S/C14H20F2NO2P/c1-3-18-20(19-4-2)14(10-13(15)16)17-11-12-8-6-5-7-9-12/h5-9,11,13-14H,3-4,10H2,1-2H3/b17-11+. The van der Waals surface area contributed by atoms with Crippen LogP contribution in [0, 0.1) is 0 Å². The minimum absolute atomic E-state index is 0.352. The number of rotatable bonds is 9. The number of aliphatic imine (C=N–C) groups is 1. The van der Waals surface area contributed by atoms with Crippen LogP contribution < -0.4 is 0 Å². The molecule has 0 aliphatic heterocycles. The van der Waals surface area contributed by atoms with Crippen molar-refractivity contribution in [2.24, 2.45) is 4.99 Å². The van der Waals surface area contributed by atoms with Crippen molar-refractivity contribution in [2.45, 2.75) is 32.5 Å². The Morgan fingerprint density at radius 1 is 1.15 bits per heavy atom. The Hall–Kier alpha value is -0.900. The zero-order chi connectivity index (χ0) is 14.8.